The van der Waals surface area contributed by atoms with Crippen molar-refractivity contribution in [3.63, 3.8) is 0 Å². The molecule has 1 heterocycles. The molecule has 0 saturated carbocycles. The van der Waals surface area contributed by atoms with E-state index in [1.165, 1.54) is 19.2 Å². The van der Waals surface area contributed by atoms with Crippen LogP contribution in [0.5, 0.6) is 5.75 Å². The first-order valence-corrected chi connectivity index (χ1v) is 6.97. The van der Waals surface area contributed by atoms with Gasteiger partial charge in [-0.15, -0.1) is 11.6 Å². The van der Waals surface area contributed by atoms with Gasteiger partial charge in [-0.2, -0.15) is 0 Å². The van der Waals surface area contributed by atoms with Crippen molar-refractivity contribution in [3.05, 3.63) is 23.8 Å². The number of hydrogen-bond donors (Lipinski definition) is 1. The van der Waals surface area contributed by atoms with Gasteiger partial charge in [-0.05, 0) is 13.8 Å². The second-order valence-electron chi connectivity index (χ2n) is 5.20. The summed E-state index contributed by atoms with van der Waals surface area (Å²) in [5, 5.41) is 0. The van der Waals surface area contributed by atoms with Gasteiger partial charge in [-0.25, -0.2) is 9.37 Å². The topological polar surface area (TPSA) is 70.1 Å². The van der Waals surface area contributed by atoms with Crippen molar-refractivity contribution in [1.82, 2.24) is 9.55 Å². The Morgan fingerprint density at radius 3 is 2.71 bits per heavy atom. The van der Waals surface area contributed by atoms with E-state index < -0.39 is 17.3 Å². The Hall–Kier alpha value is -1.82. The fourth-order valence-electron chi connectivity index (χ4n) is 2.27. The summed E-state index contributed by atoms with van der Waals surface area (Å²) in [6.07, 6.45) is 0.441. The van der Waals surface area contributed by atoms with E-state index in [0.717, 1.165) is 0 Å². The molecular weight excluding hydrogens is 297 g/mol. The highest BCUT2D eigenvalue weighted by Crippen LogP contribution is 2.30. The predicted octanol–water partition coefficient (Wildman–Crippen LogP) is 2.19. The standard InChI is InChI=1S/C14H17ClFN3O2/c1-14(2,13(17)20)19-10-7-11(21-3)8(16)6-9(10)18-12(19)4-5-15/h6-7H,4-5H2,1-3H3,(H2,17,20). The van der Waals surface area contributed by atoms with E-state index in [0.29, 0.717) is 29.2 Å². The fourth-order valence-corrected chi connectivity index (χ4v) is 2.44. The predicted molar refractivity (Wildman–Crippen MR) is 79.2 cm³/mol. The summed E-state index contributed by atoms with van der Waals surface area (Å²) in [5.74, 6) is -0.0275. The van der Waals surface area contributed by atoms with E-state index in [2.05, 4.69) is 4.98 Å². The minimum Gasteiger partial charge on any atom is -0.494 e. The lowest BCUT2D eigenvalue weighted by Gasteiger charge is -2.26. The van der Waals surface area contributed by atoms with Crippen molar-refractivity contribution in [3.8, 4) is 5.75 Å². The molecule has 7 heteroatoms. The van der Waals surface area contributed by atoms with E-state index in [-0.39, 0.29) is 5.75 Å². The minimum absolute atomic E-state index is 0.0846. The molecule has 0 aliphatic rings. The maximum Gasteiger partial charge on any atom is 0.243 e. The number of aromatic nitrogens is 2. The smallest absolute Gasteiger partial charge is 0.243 e. The molecule has 0 bridgehead atoms. The lowest BCUT2D eigenvalue weighted by Crippen LogP contribution is -2.42. The average Bonchev–Trinajstić information content (AvgIpc) is 2.75. The van der Waals surface area contributed by atoms with Crippen LogP contribution in [0.1, 0.15) is 19.7 Å². The van der Waals surface area contributed by atoms with E-state index >= 15 is 0 Å². The number of carbonyl (C=O) groups is 1. The van der Waals surface area contributed by atoms with Crippen LogP contribution in [0.25, 0.3) is 11.0 Å². The zero-order chi connectivity index (χ0) is 15.8. The molecular formula is C14H17ClFN3O2. The third-order valence-corrected chi connectivity index (χ3v) is 3.67. The number of imidazole rings is 1. The molecule has 0 spiro atoms. The van der Waals surface area contributed by atoms with Crippen LogP contribution in [0.4, 0.5) is 4.39 Å². The van der Waals surface area contributed by atoms with Gasteiger partial charge in [0, 0.05) is 24.4 Å². The Morgan fingerprint density at radius 1 is 1.52 bits per heavy atom. The van der Waals surface area contributed by atoms with Crippen LogP contribution in [0, 0.1) is 5.82 Å². The zero-order valence-electron chi connectivity index (χ0n) is 12.1. The Balaban J connectivity index is 2.81. The molecule has 0 saturated heterocycles. The number of ether oxygens (including phenoxy) is 1. The highest BCUT2D eigenvalue weighted by molar-refractivity contribution is 6.18. The Kier molecular flexibility index (Phi) is 4.09. The van der Waals surface area contributed by atoms with Crippen molar-refractivity contribution < 1.29 is 13.9 Å². The summed E-state index contributed by atoms with van der Waals surface area (Å²) in [7, 11) is 1.38. The molecule has 2 rings (SSSR count). The molecule has 21 heavy (non-hydrogen) atoms. The Bertz CT molecular complexity index is 697. The largest absolute Gasteiger partial charge is 0.494 e. The summed E-state index contributed by atoms with van der Waals surface area (Å²) in [6.45, 7) is 3.37. The number of rotatable bonds is 5. The van der Waals surface area contributed by atoms with E-state index in [1.54, 1.807) is 18.4 Å². The third kappa shape index (κ3) is 2.55. The summed E-state index contributed by atoms with van der Waals surface area (Å²) in [4.78, 5) is 16.1. The van der Waals surface area contributed by atoms with E-state index in [9.17, 15) is 9.18 Å². The monoisotopic (exact) mass is 313 g/mol. The second-order valence-corrected chi connectivity index (χ2v) is 5.58. The number of fused-ring (bicyclic) bond motifs is 1. The molecule has 0 aliphatic heterocycles. The quantitative estimate of drug-likeness (QED) is 0.860. The van der Waals surface area contributed by atoms with Crippen molar-refractivity contribution in [1.29, 1.82) is 0 Å². The van der Waals surface area contributed by atoms with Crippen LogP contribution in [0.15, 0.2) is 12.1 Å². The number of amides is 1. The molecule has 114 valence electrons. The van der Waals surface area contributed by atoms with Crippen molar-refractivity contribution in [2.75, 3.05) is 13.0 Å². The first-order chi connectivity index (χ1) is 9.82. The molecule has 0 fully saturated rings. The number of nitrogens with two attached hydrogens (primary N) is 1. The Labute approximate surface area is 126 Å². The molecule has 1 amide bonds. The molecule has 0 radical (unpaired) electrons. The van der Waals surface area contributed by atoms with Gasteiger partial charge < -0.3 is 15.0 Å². The molecule has 1 aromatic carbocycles. The van der Waals surface area contributed by atoms with Gasteiger partial charge in [0.25, 0.3) is 0 Å². The van der Waals surface area contributed by atoms with Crippen LogP contribution >= 0.6 is 11.6 Å². The SMILES string of the molecule is COc1cc2c(cc1F)nc(CCCl)n2C(C)(C)C(N)=O. The van der Waals surface area contributed by atoms with Crippen molar-refractivity contribution in [2.45, 2.75) is 25.8 Å². The summed E-state index contributed by atoms with van der Waals surface area (Å²) < 4.78 is 20.5. The van der Waals surface area contributed by atoms with Crippen LogP contribution in [-0.2, 0) is 16.8 Å². The van der Waals surface area contributed by atoms with Crippen LogP contribution < -0.4 is 10.5 Å². The number of aryl methyl sites for hydroxylation is 1. The van der Waals surface area contributed by atoms with Gasteiger partial charge in [-0.1, -0.05) is 0 Å². The number of halogens is 2. The maximum atomic E-state index is 13.8. The molecule has 5 nitrogen and oxygen atoms in total. The Morgan fingerprint density at radius 2 is 2.19 bits per heavy atom. The van der Waals surface area contributed by atoms with Gasteiger partial charge in [-0.3, -0.25) is 4.79 Å². The molecule has 0 unspecified atom stereocenters. The van der Waals surface area contributed by atoms with Gasteiger partial charge in [0.15, 0.2) is 11.6 Å². The zero-order valence-corrected chi connectivity index (χ0v) is 12.9. The van der Waals surface area contributed by atoms with E-state index in [4.69, 9.17) is 22.1 Å². The summed E-state index contributed by atoms with van der Waals surface area (Å²) >= 11 is 5.79. The van der Waals surface area contributed by atoms with Gasteiger partial charge in [0.05, 0.1) is 18.1 Å². The highest BCUT2D eigenvalue weighted by atomic mass is 35.5. The number of methoxy groups -OCH3 is 1. The number of nitrogens with zero attached hydrogens (tertiary/aromatic N) is 2. The summed E-state index contributed by atoms with van der Waals surface area (Å²) in [5.41, 5.74) is 5.49. The lowest BCUT2D eigenvalue weighted by molar-refractivity contribution is -0.125. The number of benzene rings is 1. The van der Waals surface area contributed by atoms with Gasteiger partial charge in [0.2, 0.25) is 5.91 Å². The number of carbonyl (C=O) groups excluding carboxylic acids is 1. The number of alkyl halides is 1. The van der Waals surface area contributed by atoms with E-state index in [1.807, 2.05) is 0 Å². The first-order valence-electron chi connectivity index (χ1n) is 6.44. The van der Waals surface area contributed by atoms with Gasteiger partial charge >= 0.3 is 0 Å². The van der Waals surface area contributed by atoms with Crippen LogP contribution in [0.2, 0.25) is 0 Å². The summed E-state index contributed by atoms with van der Waals surface area (Å²) in [6, 6.07) is 2.79. The van der Waals surface area contributed by atoms with Crippen molar-refractivity contribution >= 4 is 28.5 Å². The van der Waals surface area contributed by atoms with Crippen molar-refractivity contribution in [2.24, 2.45) is 5.73 Å². The molecule has 0 aliphatic carbocycles. The number of hydrogen-bond acceptors (Lipinski definition) is 3. The van der Waals surface area contributed by atoms with Crippen LogP contribution in [-0.4, -0.2) is 28.4 Å². The molecule has 2 aromatic rings. The maximum absolute atomic E-state index is 13.8. The molecule has 1 aromatic heterocycles. The fraction of sp³-hybridized carbons (Fsp3) is 0.429. The average molecular weight is 314 g/mol. The van der Waals surface area contributed by atoms with Crippen LogP contribution in [0.3, 0.4) is 0 Å². The third-order valence-electron chi connectivity index (χ3n) is 3.48. The highest BCUT2D eigenvalue weighted by Gasteiger charge is 2.32. The van der Waals surface area contributed by atoms with Gasteiger partial charge in [0.1, 0.15) is 11.4 Å². The lowest BCUT2D eigenvalue weighted by atomic mass is 10.0. The molecule has 0 atom stereocenters. The number of primary amides is 1. The molecule has 2 N–H and O–H groups in total. The minimum atomic E-state index is -1.01. The normalized spacial score (nSPS) is 11.9. The second kappa shape index (κ2) is 5.52. The first kappa shape index (κ1) is 15.6.